The van der Waals surface area contributed by atoms with Gasteiger partial charge >= 0.3 is 0 Å². The van der Waals surface area contributed by atoms with Crippen molar-refractivity contribution in [3.63, 3.8) is 0 Å². The Balaban J connectivity index is 0.942. The van der Waals surface area contributed by atoms with Crippen LogP contribution in [0.1, 0.15) is 81.0 Å². The molecule has 65 heavy (non-hydrogen) atoms. The second-order valence-corrected chi connectivity index (χ2v) is 18.4. The van der Waals surface area contributed by atoms with Crippen molar-refractivity contribution in [2.75, 3.05) is 20.3 Å². The molecule has 348 valence electrons. The van der Waals surface area contributed by atoms with E-state index in [0.29, 0.717) is 52.5 Å². The summed E-state index contributed by atoms with van der Waals surface area (Å²) in [4.78, 5) is 0. The molecule has 4 aromatic carbocycles. The number of benzene rings is 4. The predicted molar refractivity (Wildman–Crippen MR) is 244 cm³/mol. The number of fused-ring (bicyclic) bond motifs is 3. The fourth-order valence-corrected chi connectivity index (χ4v) is 9.95. The number of ether oxygens (including phenoxy) is 11. The van der Waals surface area contributed by atoms with E-state index < -0.39 is 30.2 Å². The summed E-state index contributed by atoms with van der Waals surface area (Å²) in [6, 6.07) is 38.8. The van der Waals surface area contributed by atoms with Crippen LogP contribution in [0.15, 0.2) is 127 Å². The van der Waals surface area contributed by atoms with Gasteiger partial charge in [0.25, 0.3) is 0 Å². The maximum absolute atomic E-state index is 7.20. The number of hydrogen-bond donors (Lipinski definition) is 0. The molecule has 0 saturated carbocycles. The molecule has 4 aromatic rings. The van der Waals surface area contributed by atoms with Crippen LogP contribution >= 0.6 is 0 Å². The van der Waals surface area contributed by atoms with Crippen LogP contribution in [0.3, 0.4) is 0 Å². The standard InChI is InChI=1S/C54H66O11/c1-54(2)64-46-30-48-52(60-36-50(46)65-54)53(59-33-39-19-11-6-12-20-39)51(58-34-40-25-27-41(55-3)28-26-40)47(63-48)29-42-21-13-23-45-44(61-42)24-14-22-43(57-32-38-17-9-5-10-18-38)49(62-45)35-56-31-37-15-7-4-8-16-37/h4-12,15-21,25-28,43-53H,13-14,22-24,29-36H2,1-3H3/t43-,44+,45-,46-,47+,48-,49+,50+,51+,52-,53-/m0/s1. The molecule has 5 heterocycles. The highest BCUT2D eigenvalue weighted by Crippen LogP contribution is 2.41. The predicted octanol–water partition coefficient (Wildman–Crippen LogP) is 9.44. The Kier molecular flexibility index (Phi) is 15.6. The summed E-state index contributed by atoms with van der Waals surface area (Å²) in [5.41, 5.74) is 4.35. The molecule has 0 amide bonds. The first-order chi connectivity index (χ1) is 31.9. The van der Waals surface area contributed by atoms with Gasteiger partial charge in [0, 0.05) is 12.8 Å². The summed E-state index contributed by atoms with van der Waals surface area (Å²) in [6.45, 7) is 6.47. The van der Waals surface area contributed by atoms with Gasteiger partial charge in [0.05, 0.1) is 83.0 Å². The van der Waals surface area contributed by atoms with Crippen LogP contribution in [-0.2, 0) is 73.8 Å². The molecule has 0 spiro atoms. The number of allylic oxidation sites excluding steroid dienone is 1. The normalized spacial score (nSPS) is 31.1. The lowest BCUT2D eigenvalue weighted by Crippen LogP contribution is -2.60. The molecule has 11 nitrogen and oxygen atoms in total. The molecule has 0 unspecified atom stereocenters. The van der Waals surface area contributed by atoms with Crippen molar-refractivity contribution in [1.82, 2.24) is 0 Å². The van der Waals surface area contributed by atoms with Crippen molar-refractivity contribution >= 4 is 0 Å². The van der Waals surface area contributed by atoms with Gasteiger partial charge in [0.15, 0.2) is 5.79 Å². The minimum Gasteiger partial charge on any atom is -0.497 e. The van der Waals surface area contributed by atoms with Crippen molar-refractivity contribution in [2.24, 2.45) is 0 Å². The van der Waals surface area contributed by atoms with Gasteiger partial charge in [-0.25, -0.2) is 0 Å². The van der Waals surface area contributed by atoms with E-state index in [-0.39, 0.29) is 42.7 Å². The number of hydrogen-bond acceptors (Lipinski definition) is 11. The van der Waals surface area contributed by atoms with Crippen molar-refractivity contribution in [1.29, 1.82) is 0 Å². The van der Waals surface area contributed by atoms with E-state index in [1.54, 1.807) is 7.11 Å². The SMILES string of the molecule is COc1ccc(CO[C@H]2[C@H](OCc3ccccc3)[C@H]3OC[C@H]4OC(C)(C)O[C@H]4C[C@@H]3O[C@@H]2CC2=CCC[C@@H]3O[C@H](COCc4ccccc4)[C@@H](OCc4ccccc4)CCC[C@H]3O2)cc1. The zero-order chi connectivity index (χ0) is 44.4. The molecule has 0 radical (unpaired) electrons. The summed E-state index contributed by atoms with van der Waals surface area (Å²) < 4.78 is 73.3. The van der Waals surface area contributed by atoms with Gasteiger partial charge in [0.1, 0.15) is 42.4 Å². The first-order valence-corrected chi connectivity index (χ1v) is 23.7. The monoisotopic (exact) mass is 890 g/mol. The van der Waals surface area contributed by atoms with Crippen LogP contribution in [0.4, 0.5) is 0 Å². The average molecular weight is 891 g/mol. The Morgan fingerprint density at radius 2 is 1.20 bits per heavy atom. The minimum absolute atomic E-state index is 0.121. The van der Waals surface area contributed by atoms with Gasteiger partial charge in [-0.1, -0.05) is 103 Å². The van der Waals surface area contributed by atoms with Crippen molar-refractivity contribution in [2.45, 2.75) is 158 Å². The van der Waals surface area contributed by atoms with Gasteiger partial charge < -0.3 is 52.1 Å². The highest BCUT2D eigenvalue weighted by molar-refractivity contribution is 5.27. The molecule has 11 atom stereocenters. The average Bonchev–Trinajstić information content (AvgIpc) is 3.40. The molecule has 4 fully saturated rings. The second kappa shape index (κ2) is 22.1. The van der Waals surface area contributed by atoms with E-state index in [4.69, 9.17) is 52.1 Å². The summed E-state index contributed by atoms with van der Waals surface area (Å²) >= 11 is 0. The fraction of sp³-hybridized carbons (Fsp3) is 0.519. The lowest BCUT2D eigenvalue weighted by Gasteiger charge is -2.46. The second-order valence-electron chi connectivity index (χ2n) is 18.4. The molecular weight excluding hydrogens is 825 g/mol. The van der Waals surface area contributed by atoms with Crippen molar-refractivity contribution in [3.05, 3.63) is 149 Å². The van der Waals surface area contributed by atoms with Crippen LogP contribution < -0.4 is 4.74 Å². The van der Waals surface area contributed by atoms with Crippen LogP contribution in [0.2, 0.25) is 0 Å². The van der Waals surface area contributed by atoms with Crippen molar-refractivity contribution < 1.29 is 52.1 Å². The Bertz CT molecular complexity index is 2060. The third kappa shape index (κ3) is 12.3. The van der Waals surface area contributed by atoms with Gasteiger partial charge in [-0.05, 0) is 86.4 Å². The maximum Gasteiger partial charge on any atom is 0.163 e. The third-order valence-electron chi connectivity index (χ3n) is 13.2. The maximum atomic E-state index is 7.20. The molecule has 11 heteroatoms. The molecule has 0 aliphatic carbocycles. The molecular formula is C54H66O11. The highest BCUT2D eigenvalue weighted by Gasteiger charge is 2.54. The number of methoxy groups -OCH3 is 1. The zero-order valence-corrected chi connectivity index (χ0v) is 38.1. The summed E-state index contributed by atoms with van der Waals surface area (Å²) in [7, 11) is 1.67. The molecule has 0 N–H and O–H groups in total. The van der Waals surface area contributed by atoms with Gasteiger partial charge in [-0.3, -0.25) is 0 Å². The number of rotatable bonds is 16. The van der Waals surface area contributed by atoms with E-state index in [9.17, 15) is 0 Å². The van der Waals surface area contributed by atoms with Gasteiger partial charge in [-0.2, -0.15) is 0 Å². The largest absolute Gasteiger partial charge is 0.497 e. The smallest absolute Gasteiger partial charge is 0.163 e. The quantitative estimate of drug-likeness (QED) is 0.108. The Morgan fingerprint density at radius 3 is 1.89 bits per heavy atom. The first kappa shape index (κ1) is 46.0. The van der Waals surface area contributed by atoms with Crippen LogP contribution in [0, 0.1) is 0 Å². The third-order valence-corrected chi connectivity index (χ3v) is 13.2. The Morgan fingerprint density at radius 1 is 0.585 bits per heavy atom. The summed E-state index contributed by atoms with van der Waals surface area (Å²) in [5, 5.41) is 0. The fourth-order valence-electron chi connectivity index (χ4n) is 9.95. The van der Waals surface area contributed by atoms with E-state index in [1.807, 2.05) is 80.6 Å². The lowest BCUT2D eigenvalue weighted by molar-refractivity contribution is -0.268. The zero-order valence-electron chi connectivity index (χ0n) is 38.1. The molecule has 4 saturated heterocycles. The van der Waals surface area contributed by atoms with Crippen LogP contribution in [0.5, 0.6) is 5.75 Å². The highest BCUT2D eigenvalue weighted by atomic mass is 16.8. The Labute approximate surface area is 384 Å². The molecule has 0 aromatic heterocycles. The van der Waals surface area contributed by atoms with Crippen LogP contribution in [0.25, 0.3) is 0 Å². The van der Waals surface area contributed by atoms with Crippen molar-refractivity contribution in [3.8, 4) is 5.75 Å². The summed E-state index contributed by atoms with van der Waals surface area (Å²) in [6.07, 6.45) is 4.33. The molecule has 9 rings (SSSR count). The Hall–Kier alpha value is -4.14. The van der Waals surface area contributed by atoms with E-state index in [0.717, 1.165) is 65.9 Å². The topological polar surface area (TPSA) is 102 Å². The molecule has 0 bridgehead atoms. The minimum atomic E-state index is -0.705. The van der Waals surface area contributed by atoms with Gasteiger partial charge in [0.2, 0.25) is 0 Å². The molecule has 5 aliphatic rings. The van der Waals surface area contributed by atoms with E-state index in [1.165, 1.54) is 0 Å². The van der Waals surface area contributed by atoms with Gasteiger partial charge in [-0.15, -0.1) is 0 Å². The first-order valence-electron chi connectivity index (χ1n) is 23.7. The van der Waals surface area contributed by atoms with E-state index in [2.05, 4.69) is 54.6 Å². The lowest BCUT2D eigenvalue weighted by atomic mass is 9.89. The van der Waals surface area contributed by atoms with E-state index >= 15 is 0 Å². The molecule has 5 aliphatic heterocycles. The summed E-state index contributed by atoms with van der Waals surface area (Å²) in [5.74, 6) is 0.968. The van der Waals surface area contributed by atoms with Crippen LogP contribution in [-0.4, -0.2) is 93.3 Å².